The van der Waals surface area contributed by atoms with Crippen molar-refractivity contribution >= 4 is 15.9 Å². The molecule has 10 heteroatoms. The van der Waals surface area contributed by atoms with Crippen LogP contribution in [0.5, 0.6) is 0 Å². The average molecular weight is 511 g/mol. The van der Waals surface area contributed by atoms with Crippen LogP contribution in [0.25, 0.3) is 11.1 Å². The maximum absolute atomic E-state index is 15.6. The van der Waals surface area contributed by atoms with Crippen molar-refractivity contribution in [2.45, 2.75) is 57.2 Å². The lowest BCUT2D eigenvalue weighted by atomic mass is 9.91. The number of carbonyl (C=O) groups is 1. The molecule has 1 aliphatic heterocycles. The summed E-state index contributed by atoms with van der Waals surface area (Å²) < 4.78 is 69.4. The monoisotopic (exact) mass is 510 g/mol. The highest BCUT2D eigenvalue weighted by Crippen LogP contribution is 2.56. The van der Waals surface area contributed by atoms with E-state index in [1.165, 1.54) is 42.2 Å². The Kier molecular flexibility index (Phi) is 6.76. The molecule has 35 heavy (non-hydrogen) atoms. The number of benzene rings is 2. The average Bonchev–Trinajstić information content (AvgIpc) is 3.55. The molecule has 2 fully saturated rings. The van der Waals surface area contributed by atoms with E-state index in [0.717, 1.165) is 0 Å². The summed E-state index contributed by atoms with van der Waals surface area (Å²) in [7, 11) is -4.27. The number of alkyl halides is 1. The van der Waals surface area contributed by atoms with Crippen LogP contribution in [0.3, 0.4) is 0 Å². The molecule has 1 spiro atoms. The van der Waals surface area contributed by atoms with Gasteiger partial charge in [0, 0.05) is 23.6 Å². The lowest BCUT2D eigenvalue weighted by molar-refractivity contribution is -0.151. The van der Waals surface area contributed by atoms with E-state index < -0.39 is 56.7 Å². The third kappa shape index (κ3) is 4.96. The van der Waals surface area contributed by atoms with Crippen LogP contribution in [0.2, 0.25) is 0 Å². The maximum atomic E-state index is 15.6. The first kappa shape index (κ1) is 25.7. The molecule has 0 bridgehead atoms. The summed E-state index contributed by atoms with van der Waals surface area (Å²) in [6.45, 7) is 3.22. The van der Waals surface area contributed by atoms with Gasteiger partial charge in [0.1, 0.15) is 17.2 Å². The normalized spacial score (nSPS) is 22.9. The van der Waals surface area contributed by atoms with Gasteiger partial charge in [-0.05, 0) is 55.9 Å². The number of carbonyl (C=O) groups excluding carboxylic acids is 1. The van der Waals surface area contributed by atoms with Gasteiger partial charge in [-0.25, -0.2) is 26.3 Å². The number of hydrogen-bond acceptors (Lipinski definition) is 4. The van der Waals surface area contributed by atoms with E-state index >= 15 is 4.39 Å². The van der Waals surface area contributed by atoms with Gasteiger partial charge in [-0.1, -0.05) is 37.3 Å². The number of halogens is 3. The molecule has 2 aliphatic rings. The lowest BCUT2D eigenvalue weighted by Gasteiger charge is -2.33. The summed E-state index contributed by atoms with van der Waals surface area (Å²) in [6.07, 6.45) is 1.30. The van der Waals surface area contributed by atoms with E-state index in [9.17, 15) is 27.1 Å². The molecule has 1 aliphatic carbocycles. The Morgan fingerprint density at radius 2 is 1.91 bits per heavy atom. The molecule has 0 unspecified atom stereocenters. The van der Waals surface area contributed by atoms with Crippen LogP contribution in [0, 0.1) is 17.0 Å². The van der Waals surface area contributed by atoms with Gasteiger partial charge in [0.25, 0.3) is 5.91 Å². The number of amides is 1. The fraction of sp³-hybridized carbons (Fsp3) is 0.480. The van der Waals surface area contributed by atoms with E-state index in [0.29, 0.717) is 18.4 Å². The van der Waals surface area contributed by atoms with E-state index in [1.807, 2.05) is 0 Å². The summed E-state index contributed by atoms with van der Waals surface area (Å²) in [5.41, 5.74) is -1.58. The molecule has 3 atom stereocenters. The zero-order chi connectivity index (χ0) is 25.6. The standard InChI is InChI=1S/C25H29F3N2O4S/c1-3-24(2,32)23(31)30-14-25(10-11-25)22(29-35(33,34)15-26)20(30)13-17-7-5-9-19(21(17)28)16-6-4-8-18(27)12-16/h4-9,12,20,22,29,32H,3,10-11,13-15H2,1-2H3/t20-,22+,24-/m0/s1. The molecule has 2 N–H and O–H groups in total. The topological polar surface area (TPSA) is 86.7 Å². The number of nitrogens with one attached hydrogen (secondary N) is 1. The molecule has 2 aromatic carbocycles. The molecule has 1 saturated carbocycles. The first-order valence-corrected chi connectivity index (χ1v) is 13.2. The van der Waals surface area contributed by atoms with Crippen molar-refractivity contribution < 1.29 is 31.5 Å². The first-order chi connectivity index (χ1) is 16.4. The van der Waals surface area contributed by atoms with E-state index in [2.05, 4.69) is 4.72 Å². The predicted octanol–water partition coefficient (Wildman–Crippen LogP) is 3.54. The zero-order valence-electron chi connectivity index (χ0n) is 19.6. The number of likely N-dealkylation sites (tertiary alicyclic amines) is 1. The van der Waals surface area contributed by atoms with Crippen molar-refractivity contribution in [3.63, 3.8) is 0 Å². The number of hydrogen-bond donors (Lipinski definition) is 2. The van der Waals surface area contributed by atoms with Crippen LogP contribution >= 0.6 is 0 Å². The summed E-state index contributed by atoms with van der Waals surface area (Å²) in [5.74, 6) is -1.71. The van der Waals surface area contributed by atoms with Gasteiger partial charge in [0.2, 0.25) is 16.0 Å². The van der Waals surface area contributed by atoms with E-state index in [1.54, 1.807) is 19.1 Å². The first-order valence-electron chi connectivity index (χ1n) is 11.6. The van der Waals surface area contributed by atoms with Gasteiger partial charge in [-0.15, -0.1) is 0 Å². The largest absolute Gasteiger partial charge is 0.380 e. The van der Waals surface area contributed by atoms with Gasteiger partial charge in [0.05, 0.1) is 6.04 Å². The summed E-state index contributed by atoms with van der Waals surface area (Å²) in [4.78, 5) is 14.7. The summed E-state index contributed by atoms with van der Waals surface area (Å²) in [5, 5.41) is 10.7. The van der Waals surface area contributed by atoms with Gasteiger partial charge in [-0.2, -0.15) is 0 Å². The Balaban J connectivity index is 1.75. The Labute approximate surface area is 203 Å². The second-order valence-corrected chi connectivity index (χ2v) is 11.5. The third-order valence-corrected chi connectivity index (χ3v) is 8.23. The highest BCUT2D eigenvalue weighted by atomic mass is 32.2. The Hall–Kier alpha value is -2.43. The molecule has 0 aromatic heterocycles. The fourth-order valence-electron chi connectivity index (χ4n) is 4.95. The minimum absolute atomic E-state index is 0.0677. The number of aliphatic hydroxyl groups is 1. The molecule has 6 nitrogen and oxygen atoms in total. The Morgan fingerprint density at radius 3 is 2.51 bits per heavy atom. The van der Waals surface area contributed by atoms with Crippen molar-refractivity contribution in [1.82, 2.24) is 9.62 Å². The second kappa shape index (κ2) is 9.22. The van der Waals surface area contributed by atoms with Crippen LogP contribution in [-0.4, -0.2) is 54.6 Å². The van der Waals surface area contributed by atoms with Crippen molar-refractivity contribution in [2.24, 2.45) is 5.41 Å². The molecule has 1 heterocycles. The van der Waals surface area contributed by atoms with Crippen molar-refractivity contribution in [3.8, 4) is 11.1 Å². The summed E-state index contributed by atoms with van der Waals surface area (Å²) >= 11 is 0. The van der Waals surface area contributed by atoms with Gasteiger partial charge in [0.15, 0.2) is 0 Å². The van der Waals surface area contributed by atoms with Crippen LogP contribution in [0.1, 0.15) is 38.7 Å². The van der Waals surface area contributed by atoms with E-state index in [4.69, 9.17) is 0 Å². The molecule has 0 radical (unpaired) electrons. The smallest absolute Gasteiger partial charge is 0.254 e. The van der Waals surface area contributed by atoms with E-state index in [-0.39, 0.29) is 30.5 Å². The van der Waals surface area contributed by atoms with Crippen LogP contribution < -0.4 is 4.72 Å². The number of rotatable bonds is 8. The Bertz CT molecular complexity index is 1230. The van der Waals surface area contributed by atoms with Gasteiger partial charge < -0.3 is 10.0 Å². The zero-order valence-corrected chi connectivity index (χ0v) is 20.4. The van der Waals surface area contributed by atoms with Gasteiger partial charge in [-0.3, -0.25) is 4.79 Å². The predicted molar refractivity (Wildman–Crippen MR) is 125 cm³/mol. The molecule has 2 aromatic rings. The SMILES string of the molecule is CC[C@](C)(O)C(=O)N1CC2(CC2)[C@H](NS(=O)(=O)CF)[C@@H]1Cc1cccc(-c2cccc(F)c2)c1F. The van der Waals surface area contributed by atoms with Crippen LogP contribution in [-0.2, 0) is 21.2 Å². The lowest BCUT2D eigenvalue weighted by Crippen LogP contribution is -2.54. The quantitative estimate of drug-likeness (QED) is 0.569. The molecule has 190 valence electrons. The Morgan fingerprint density at radius 1 is 1.23 bits per heavy atom. The number of sulfonamides is 1. The van der Waals surface area contributed by atoms with Crippen molar-refractivity contribution in [3.05, 3.63) is 59.7 Å². The minimum atomic E-state index is -4.27. The molecule has 1 amide bonds. The maximum Gasteiger partial charge on any atom is 0.254 e. The number of nitrogens with zero attached hydrogens (tertiary/aromatic N) is 1. The highest BCUT2D eigenvalue weighted by molar-refractivity contribution is 7.89. The van der Waals surface area contributed by atoms with Crippen molar-refractivity contribution in [1.29, 1.82) is 0 Å². The molecule has 4 rings (SSSR count). The summed E-state index contributed by atoms with van der Waals surface area (Å²) in [6, 6.07) is 6.86. The molecular formula is C25H29F3N2O4S. The van der Waals surface area contributed by atoms with Crippen LogP contribution in [0.15, 0.2) is 42.5 Å². The fourth-order valence-corrected chi connectivity index (χ4v) is 5.81. The third-order valence-electron chi connectivity index (χ3n) is 7.33. The van der Waals surface area contributed by atoms with Gasteiger partial charge >= 0.3 is 0 Å². The van der Waals surface area contributed by atoms with Crippen molar-refractivity contribution in [2.75, 3.05) is 12.6 Å². The second-order valence-electron chi connectivity index (χ2n) is 9.80. The van der Waals surface area contributed by atoms with Crippen LogP contribution in [0.4, 0.5) is 13.2 Å². The highest BCUT2D eigenvalue weighted by Gasteiger charge is 2.62. The molecule has 1 saturated heterocycles. The molecular weight excluding hydrogens is 481 g/mol. The minimum Gasteiger partial charge on any atom is -0.380 e.